The van der Waals surface area contributed by atoms with Crippen LogP contribution >= 0.6 is 11.8 Å². The third kappa shape index (κ3) is 2.56. The van der Waals surface area contributed by atoms with E-state index in [9.17, 15) is 0 Å². The summed E-state index contributed by atoms with van der Waals surface area (Å²) in [5, 5.41) is 1.27. The Labute approximate surface area is 135 Å². The quantitative estimate of drug-likeness (QED) is 0.544. The van der Waals surface area contributed by atoms with Crippen molar-refractivity contribution in [3.8, 4) is 0 Å². The van der Waals surface area contributed by atoms with Crippen molar-refractivity contribution in [2.45, 2.75) is 48.3 Å². The molecular formula is C20H20OS. The fourth-order valence-electron chi connectivity index (χ4n) is 3.46. The van der Waals surface area contributed by atoms with Crippen LogP contribution in [0.4, 0.5) is 0 Å². The topological polar surface area (TPSA) is 13.1 Å². The lowest BCUT2D eigenvalue weighted by atomic mass is 9.97. The molecule has 1 fully saturated rings. The van der Waals surface area contributed by atoms with Crippen LogP contribution in [-0.2, 0) is 0 Å². The summed E-state index contributed by atoms with van der Waals surface area (Å²) in [5.41, 5.74) is 2.50. The first-order valence-electron chi connectivity index (χ1n) is 8.07. The van der Waals surface area contributed by atoms with E-state index in [4.69, 9.17) is 4.42 Å². The molecule has 22 heavy (non-hydrogen) atoms. The Bertz CT molecular complexity index is 782. The van der Waals surface area contributed by atoms with Crippen LogP contribution in [0.2, 0.25) is 0 Å². The zero-order valence-corrected chi connectivity index (χ0v) is 13.7. The maximum absolute atomic E-state index is 5.97. The third-order valence-corrected chi connectivity index (χ3v) is 5.84. The molecule has 0 N–H and O–H groups in total. The molecule has 0 radical (unpaired) electrons. The molecule has 3 aromatic rings. The number of furan rings is 1. The summed E-state index contributed by atoms with van der Waals surface area (Å²) in [6.07, 6.45) is 5.42. The van der Waals surface area contributed by atoms with Gasteiger partial charge in [0, 0.05) is 10.3 Å². The number of hydrogen-bond donors (Lipinski definition) is 0. The maximum atomic E-state index is 5.97. The molecule has 0 amide bonds. The van der Waals surface area contributed by atoms with E-state index in [-0.39, 0.29) is 0 Å². The van der Waals surface area contributed by atoms with Gasteiger partial charge in [-0.2, -0.15) is 0 Å². The van der Waals surface area contributed by atoms with E-state index in [0.29, 0.717) is 0 Å². The van der Waals surface area contributed by atoms with Crippen molar-refractivity contribution in [2.24, 2.45) is 0 Å². The van der Waals surface area contributed by atoms with Gasteiger partial charge in [-0.15, -0.1) is 0 Å². The summed E-state index contributed by atoms with van der Waals surface area (Å²) >= 11 is 1.81. The first-order valence-corrected chi connectivity index (χ1v) is 8.89. The van der Waals surface area contributed by atoms with Crippen molar-refractivity contribution in [1.82, 2.24) is 0 Å². The summed E-state index contributed by atoms with van der Waals surface area (Å²) in [5.74, 6) is 1.77. The van der Waals surface area contributed by atoms with Crippen LogP contribution < -0.4 is 0 Å². The zero-order chi connectivity index (χ0) is 14.9. The Morgan fingerprint density at radius 3 is 2.55 bits per heavy atom. The molecule has 1 aliphatic rings. The lowest BCUT2D eigenvalue weighted by molar-refractivity contribution is 0.568. The minimum atomic E-state index is 0.745. The monoisotopic (exact) mass is 308 g/mol. The lowest BCUT2D eigenvalue weighted by Gasteiger charge is -2.09. The Morgan fingerprint density at radius 2 is 1.77 bits per heavy atom. The van der Waals surface area contributed by atoms with Gasteiger partial charge in [0.05, 0.1) is 4.90 Å². The van der Waals surface area contributed by atoms with Crippen LogP contribution in [0.5, 0.6) is 0 Å². The highest BCUT2D eigenvalue weighted by molar-refractivity contribution is 7.99. The van der Waals surface area contributed by atoms with E-state index in [1.165, 1.54) is 46.4 Å². The second-order valence-corrected chi connectivity index (χ2v) is 7.22. The highest BCUT2D eigenvalue weighted by Crippen LogP contribution is 2.41. The second-order valence-electron chi connectivity index (χ2n) is 6.14. The molecule has 1 heterocycles. The number of benzene rings is 2. The van der Waals surface area contributed by atoms with E-state index < -0.39 is 0 Å². The van der Waals surface area contributed by atoms with Gasteiger partial charge in [-0.3, -0.25) is 0 Å². The van der Waals surface area contributed by atoms with Crippen LogP contribution in [0, 0.1) is 6.92 Å². The molecule has 0 aliphatic heterocycles. The molecule has 0 spiro atoms. The fraction of sp³-hybridized carbons (Fsp3) is 0.300. The average molecular weight is 308 g/mol. The van der Waals surface area contributed by atoms with Gasteiger partial charge in [0.2, 0.25) is 0 Å². The summed E-state index contributed by atoms with van der Waals surface area (Å²) in [6.45, 7) is 2.07. The molecule has 1 aliphatic carbocycles. The van der Waals surface area contributed by atoms with E-state index in [2.05, 4.69) is 55.5 Å². The molecular weight excluding hydrogens is 288 g/mol. The molecule has 0 saturated heterocycles. The molecule has 0 bridgehead atoms. The molecule has 1 aromatic heterocycles. The molecule has 2 aromatic carbocycles. The molecule has 0 atom stereocenters. The van der Waals surface area contributed by atoms with E-state index >= 15 is 0 Å². The minimum absolute atomic E-state index is 0.745. The molecule has 4 rings (SSSR count). The number of rotatable bonds is 3. The predicted octanol–water partition coefficient (Wildman–Crippen LogP) is 6.55. The minimum Gasteiger partial charge on any atom is -0.460 e. The Balaban J connectivity index is 1.76. The third-order valence-electron chi connectivity index (χ3n) is 4.62. The van der Waals surface area contributed by atoms with Crippen molar-refractivity contribution < 1.29 is 4.42 Å². The average Bonchev–Trinajstić information content (AvgIpc) is 3.17. The molecule has 1 saturated carbocycles. The van der Waals surface area contributed by atoms with Gasteiger partial charge in [0.1, 0.15) is 11.3 Å². The first-order chi connectivity index (χ1) is 10.8. The highest BCUT2D eigenvalue weighted by Gasteiger charge is 2.19. The van der Waals surface area contributed by atoms with Crippen molar-refractivity contribution in [2.75, 3.05) is 0 Å². The van der Waals surface area contributed by atoms with Gasteiger partial charge in [-0.1, -0.05) is 48.9 Å². The number of aryl methyl sites for hydroxylation is 1. The molecule has 1 nitrogen and oxygen atoms in total. The summed E-state index contributed by atoms with van der Waals surface area (Å²) in [4.78, 5) is 2.53. The van der Waals surface area contributed by atoms with Crippen LogP contribution in [0.1, 0.15) is 42.9 Å². The first kappa shape index (κ1) is 14.0. The lowest BCUT2D eigenvalue weighted by Crippen LogP contribution is -1.91. The van der Waals surface area contributed by atoms with Gasteiger partial charge in [-0.25, -0.2) is 0 Å². The summed E-state index contributed by atoms with van der Waals surface area (Å²) in [6, 6.07) is 17.3. The Kier molecular flexibility index (Phi) is 3.71. The maximum Gasteiger partial charge on any atom is 0.135 e. The van der Waals surface area contributed by atoms with Crippen LogP contribution in [-0.4, -0.2) is 0 Å². The van der Waals surface area contributed by atoms with Crippen LogP contribution in [0.3, 0.4) is 0 Å². The molecule has 112 valence electrons. The van der Waals surface area contributed by atoms with Crippen molar-refractivity contribution in [3.05, 3.63) is 59.9 Å². The van der Waals surface area contributed by atoms with Crippen LogP contribution in [0.15, 0.2) is 62.7 Å². The standard InChI is InChI=1S/C20H20OS/c1-14-20(22-17-9-3-2-4-10-17)18-13-16(11-12-19(18)21-14)15-7-5-6-8-15/h2-4,9-13,15H,5-8H2,1H3. The van der Waals surface area contributed by atoms with E-state index in [0.717, 1.165) is 17.3 Å². The van der Waals surface area contributed by atoms with Gasteiger partial charge >= 0.3 is 0 Å². The highest BCUT2D eigenvalue weighted by atomic mass is 32.2. The largest absolute Gasteiger partial charge is 0.460 e. The van der Waals surface area contributed by atoms with Gasteiger partial charge < -0.3 is 4.42 Å². The second kappa shape index (κ2) is 5.85. The van der Waals surface area contributed by atoms with Crippen molar-refractivity contribution in [1.29, 1.82) is 0 Å². The van der Waals surface area contributed by atoms with E-state index in [1.807, 2.05) is 11.8 Å². The predicted molar refractivity (Wildman–Crippen MR) is 92.7 cm³/mol. The van der Waals surface area contributed by atoms with Gasteiger partial charge in [0.25, 0.3) is 0 Å². The Morgan fingerprint density at radius 1 is 1.00 bits per heavy atom. The van der Waals surface area contributed by atoms with Crippen molar-refractivity contribution in [3.63, 3.8) is 0 Å². The van der Waals surface area contributed by atoms with Gasteiger partial charge in [-0.05, 0) is 55.5 Å². The normalized spacial score (nSPS) is 15.7. The smallest absolute Gasteiger partial charge is 0.135 e. The van der Waals surface area contributed by atoms with Crippen LogP contribution in [0.25, 0.3) is 11.0 Å². The number of hydrogen-bond acceptors (Lipinski definition) is 2. The molecule has 0 unspecified atom stereocenters. The number of fused-ring (bicyclic) bond motifs is 1. The SMILES string of the molecule is Cc1oc2ccc(C3CCCC3)cc2c1Sc1ccccc1. The molecule has 2 heteroatoms. The van der Waals surface area contributed by atoms with Gasteiger partial charge in [0.15, 0.2) is 0 Å². The van der Waals surface area contributed by atoms with E-state index in [1.54, 1.807) is 0 Å². The Hall–Kier alpha value is -1.67. The fourth-order valence-corrected chi connectivity index (χ4v) is 4.45. The zero-order valence-electron chi connectivity index (χ0n) is 12.8. The van der Waals surface area contributed by atoms with Crippen molar-refractivity contribution >= 4 is 22.7 Å². The summed E-state index contributed by atoms with van der Waals surface area (Å²) < 4.78 is 5.97. The summed E-state index contributed by atoms with van der Waals surface area (Å²) in [7, 11) is 0.